The Balaban J connectivity index is 1.86. The highest BCUT2D eigenvalue weighted by Gasteiger charge is 2.16. The minimum absolute atomic E-state index is 0.212. The second-order valence-corrected chi connectivity index (χ2v) is 6.27. The first kappa shape index (κ1) is 13.4. The van der Waals surface area contributed by atoms with Gasteiger partial charge in [-0.05, 0) is 0 Å². The molecule has 1 unspecified atom stereocenters. The average molecular weight is 285 g/mol. The molecule has 1 aromatic heterocycles. The zero-order valence-electron chi connectivity index (χ0n) is 9.76. The van der Waals surface area contributed by atoms with Crippen LogP contribution in [0.25, 0.3) is 0 Å². The minimum atomic E-state index is -0.212. The van der Waals surface area contributed by atoms with Crippen molar-refractivity contribution in [2.24, 2.45) is 5.84 Å². The zero-order valence-corrected chi connectivity index (χ0v) is 11.4. The van der Waals surface area contributed by atoms with Crippen LogP contribution in [0, 0.1) is 0 Å². The van der Waals surface area contributed by atoms with Gasteiger partial charge in [0, 0.05) is 29.1 Å². The van der Waals surface area contributed by atoms with Crippen molar-refractivity contribution in [3.05, 3.63) is 18.1 Å². The number of carbonyl (C=O) groups excluding carboxylic acids is 1. The third-order valence-electron chi connectivity index (χ3n) is 2.39. The predicted octanol–water partition coefficient (Wildman–Crippen LogP) is 0.341. The fourth-order valence-corrected chi connectivity index (χ4v) is 4.11. The van der Waals surface area contributed by atoms with Crippen LogP contribution in [0.2, 0.25) is 0 Å². The molecule has 0 spiro atoms. The first-order chi connectivity index (χ1) is 8.79. The van der Waals surface area contributed by atoms with Gasteiger partial charge in [-0.3, -0.25) is 9.78 Å². The molecule has 1 aliphatic heterocycles. The van der Waals surface area contributed by atoms with E-state index in [1.807, 2.05) is 23.5 Å². The van der Waals surface area contributed by atoms with Gasteiger partial charge in [-0.15, -0.1) is 0 Å². The second kappa shape index (κ2) is 6.81. The molecule has 8 heteroatoms. The number of rotatable bonds is 4. The molecule has 0 saturated carbocycles. The number of hydrogen-bond acceptors (Lipinski definition) is 7. The van der Waals surface area contributed by atoms with E-state index in [4.69, 9.17) is 5.84 Å². The van der Waals surface area contributed by atoms with Crippen LogP contribution in [-0.4, -0.2) is 44.9 Å². The molecule has 6 nitrogen and oxygen atoms in total. The maximum Gasteiger partial charge on any atom is 0.271 e. The Hall–Kier alpha value is -0.990. The van der Waals surface area contributed by atoms with E-state index in [0.717, 1.165) is 11.5 Å². The third-order valence-corrected chi connectivity index (χ3v) is 5.24. The quantitative estimate of drug-likeness (QED) is 0.542. The van der Waals surface area contributed by atoms with Gasteiger partial charge in [0.2, 0.25) is 0 Å². The molecule has 1 fully saturated rings. The van der Waals surface area contributed by atoms with Crippen molar-refractivity contribution in [2.75, 3.05) is 29.2 Å². The molecule has 2 rings (SSSR count). The van der Waals surface area contributed by atoms with Crippen LogP contribution in [0.5, 0.6) is 0 Å². The first-order valence-electron chi connectivity index (χ1n) is 5.56. The number of thioether (sulfide) groups is 2. The Labute approximate surface area is 114 Å². The highest BCUT2D eigenvalue weighted by Crippen LogP contribution is 2.23. The van der Waals surface area contributed by atoms with Crippen LogP contribution < -0.4 is 16.6 Å². The van der Waals surface area contributed by atoms with E-state index in [1.54, 1.807) is 0 Å². The molecule has 1 aromatic rings. The lowest BCUT2D eigenvalue weighted by Crippen LogP contribution is -2.34. The summed E-state index contributed by atoms with van der Waals surface area (Å²) >= 11 is 3.83. The smallest absolute Gasteiger partial charge is 0.271 e. The van der Waals surface area contributed by atoms with E-state index >= 15 is 0 Å². The van der Waals surface area contributed by atoms with Gasteiger partial charge < -0.3 is 10.7 Å². The lowest BCUT2D eigenvalue weighted by Gasteiger charge is -2.20. The molecule has 1 saturated heterocycles. The van der Waals surface area contributed by atoms with Crippen molar-refractivity contribution in [1.82, 2.24) is 15.3 Å². The number of amides is 1. The maximum absolute atomic E-state index is 11.9. The van der Waals surface area contributed by atoms with Crippen molar-refractivity contribution < 1.29 is 4.79 Å². The van der Waals surface area contributed by atoms with E-state index in [1.165, 1.54) is 18.1 Å². The van der Waals surface area contributed by atoms with Crippen LogP contribution >= 0.6 is 23.5 Å². The third kappa shape index (κ3) is 3.76. The minimum Gasteiger partial charge on any atom is -0.350 e. The summed E-state index contributed by atoms with van der Waals surface area (Å²) in [6.07, 6.45) is 2.89. The van der Waals surface area contributed by atoms with Crippen molar-refractivity contribution in [3.8, 4) is 0 Å². The van der Waals surface area contributed by atoms with Gasteiger partial charge in [0.1, 0.15) is 5.69 Å². The van der Waals surface area contributed by atoms with Crippen molar-refractivity contribution in [2.45, 2.75) is 5.25 Å². The van der Waals surface area contributed by atoms with Crippen molar-refractivity contribution in [3.63, 3.8) is 0 Å². The van der Waals surface area contributed by atoms with E-state index < -0.39 is 0 Å². The molecule has 18 heavy (non-hydrogen) atoms. The van der Waals surface area contributed by atoms with Crippen LogP contribution in [-0.2, 0) is 0 Å². The number of carbonyl (C=O) groups is 1. The number of hydrazine groups is 1. The number of anilines is 1. The Kier molecular flexibility index (Phi) is 5.09. The summed E-state index contributed by atoms with van der Waals surface area (Å²) in [6.45, 7) is 0.665. The van der Waals surface area contributed by atoms with E-state index in [0.29, 0.717) is 17.6 Å². The summed E-state index contributed by atoms with van der Waals surface area (Å²) in [6, 6.07) is 0. The maximum atomic E-state index is 11.9. The van der Waals surface area contributed by atoms with Gasteiger partial charge in [0.25, 0.3) is 5.91 Å². The molecule has 1 aliphatic rings. The highest BCUT2D eigenvalue weighted by molar-refractivity contribution is 8.06. The standard InChI is InChI=1S/C10H15N5OS2/c11-15-9-5-12-4-8(14-9)10(16)13-3-7-6-17-1-2-18-7/h4-5,7H,1-3,6,11H2,(H,13,16)(H,14,15). The second-order valence-electron chi connectivity index (χ2n) is 3.71. The van der Waals surface area contributed by atoms with E-state index in [2.05, 4.69) is 20.7 Å². The number of nitrogens with one attached hydrogen (secondary N) is 2. The Morgan fingerprint density at radius 3 is 3.11 bits per heavy atom. The number of aromatic nitrogens is 2. The summed E-state index contributed by atoms with van der Waals surface area (Å²) < 4.78 is 0. The molecule has 98 valence electrons. The fourth-order valence-electron chi connectivity index (χ4n) is 1.50. The fraction of sp³-hybridized carbons (Fsp3) is 0.500. The normalized spacial score (nSPS) is 19.3. The number of nitrogens with two attached hydrogens (primary N) is 1. The van der Waals surface area contributed by atoms with Gasteiger partial charge in [-0.1, -0.05) is 0 Å². The average Bonchev–Trinajstić information content (AvgIpc) is 2.46. The van der Waals surface area contributed by atoms with Crippen LogP contribution in [0.1, 0.15) is 10.5 Å². The highest BCUT2D eigenvalue weighted by atomic mass is 32.2. The Morgan fingerprint density at radius 1 is 1.50 bits per heavy atom. The largest absolute Gasteiger partial charge is 0.350 e. The predicted molar refractivity (Wildman–Crippen MR) is 75.7 cm³/mol. The molecule has 1 atom stereocenters. The number of hydrogen-bond donors (Lipinski definition) is 3. The zero-order chi connectivity index (χ0) is 12.8. The van der Waals surface area contributed by atoms with Crippen LogP contribution in [0.4, 0.5) is 5.82 Å². The van der Waals surface area contributed by atoms with Gasteiger partial charge in [-0.2, -0.15) is 23.5 Å². The molecular weight excluding hydrogens is 270 g/mol. The van der Waals surface area contributed by atoms with Crippen LogP contribution in [0.15, 0.2) is 12.4 Å². The van der Waals surface area contributed by atoms with Crippen molar-refractivity contribution >= 4 is 35.2 Å². The van der Waals surface area contributed by atoms with Gasteiger partial charge in [-0.25, -0.2) is 10.8 Å². The van der Waals surface area contributed by atoms with E-state index in [9.17, 15) is 4.79 Å². The number of nitrogens with zero attached hydrogens (tertiary/aromatic N) is 2. The van der Waals surface area contributed by atoms with Gasteiger partial charge >= 0.3 is 0 Å². The molecule has 1 amide bonds. The Morgan fingerprint density at radius 2 is 2.39 bits per heavy atom. The monoisotopic (exact) mass is 285 g/mol. The molecule has 0 aliphatic carbocycles. The summed E-state index contributed by atoms with van der Waals surface area (Å²) in [5.41, 5.74) is 2.64. The molecule has 0 radical (unpaired) electrons. The lowest BCUT2D eigenvalue weighted by molar-refractivity contribution is 0.0949. The molecule has 2 heterocycles. The van der Waals surface area contributed by atoms with Gasteiger partial charge in [0.05, 0.1) is 12.4 Å². The Bertz CT molecular complexity index is 411. The first-order valence-corrected chi connectivity index (χ1v) is 7.76. The molecular formula is C10H15N5OS2. The summed E-state index contributed by atoms with van der Waals surface area (Å²) in [5.74, 6) is 8.82. The summed E-state index contributed by atoms with van der Waals surface area (Å²) in [5, 5.41) is 3.36. The SMILES string of the molecule is NNc1cncc(C(=O)NCC2CSCCS2)n1. The van der Waals surface area contributed by atoms with Gasteiger partial charge in [0.15, 0.2) is 5.82 Å². The summed E-state index contributed by atoms with van der Waals surface area (Å²) in [4.78, 5) is 19.8. The van der Waals surface area contributed by atoms with Crippen molar-refractivity contribution in [1.29, 1.82) is 0 Å². The molecule has 4 N–H and O–H groups in total. The summed E-state index contributed by atoms with van der Waals surface area (Å²) in [7, 11) is 0. The topological polar surface area (TPSA) is 92.9 Å². The molecule has 0 bridgehead atoms. The lowest BCUT2D eigenvalue weighted by atomic mass is 10.4. The number of nitrogen functional groups attached to an aromatic ring is 1. The van der Waals surface area contributed by atoms with Crippen LogP contribution in [0.3, 0.4) is 0 Å². The molecule has 0 aromatic carbocycles. The van der Waals surface area contributed by atoms with E-state index in [-0.39, 0.29) is 11.6 Å².